The van der Waals surface area contributed by atoms with Crippen molar-refractivity contribution in [3.05, 3.63) is 90.2 Å². The van der Waals surface area contributed by atoms with Gasteiger partial charge in [-0.05, 0) is 47.9 Å². The zero-order chi connectivity index (χ0) is 17.7. The molecule has 0 aliphatic carbocycles. The van der Waals surface area contributed by atoms with Crippen LogP contribution in [0.25, 0.3) is 22.1 Å². The summed E-state index contributed by atoms with van der Waals surface area (Å²) in [6.45, 7) is 0. The van der Waals surface area contributed by atoms with Crippen molar-refractivity contribution in [1.82, 2.24) is 0 Å². The molecule has 26 heavy (non-hydrogen) atoms. The van der Waals surface area contributed by atoms with Crippen molar-refractivity contribution >= 4 is 28.3 Å². The molecule has 0 radical (unpaired) electrons. The smallest absolute Gasteiger partial charge is 0.265 e. The van der Waals surface area contributed by atoms with Crippen LogP contribution in [0.3, 0.4) is 0 Å². The Hall–Kier alpha value is -3.66. The highest BCUT2D eigenvalue weighted by molar-refractivity contribution is 6.36. The van der Waals surface area contributed by atoms with Crippen LogP contribution in [0.1, 0.15) is 20.7 Å². The van der Waals surface area contributed by atoms with Crippen LogP contribution in [0.2, 0.25) is 0 Å². The minimum atomic E-state index is -0.309. The molecule has 1 aliphatic rings. The van der Waals surface area contributed by atoms with Crippen LogP contribution in [0, 0.1) is 0 Å². The molecule has 1 aliphatic heterocycles. The van der Waals surface area contributed by atoms with E-state index in [9.17, 15) is 9.59 Å². The van der Waals surface area contributed by atoms with E-state index in [1.807, 2.05) is 48.5 Å². The summed E-state index contributed by atoms with van der Waals surface area (Å²) in [6, 6.07) is 21.9. The molecule has 2 amide bonds. The fourth-order valence-corrected chi connectivity index (χ4v) is 3.55. The average Bonchev–Trinajstić information content (AvgIpc) is 3.21. The predicted molar refractivity (Wildman–Crippen MR) is 99.2 cm³/mol. The van der Waals surface area contributed by atoms with Crippen LogP contribution in [-0.2, 0) is 0 Å². The Morgan fingerprint density at radius 3 is 2.12 bits per heavy atom. The SMILES string of the molecule is O=C1c2cccc3c(-c4ccco4)ccc(c23)C(=O)N1c1ccccc1. The van der Waals surface area contributed by atoms with Crippen molar-refractivity contribution in [1.29, 1.82) is 0 Å². The van der Waals surface area contributed by atoms with Gasteiger partial charge < -0.3 is 4.42 Å². The van der Waals surface area contributed by atoms with E-state index in [-0.39, 0.29) is 11.8 Å². The molecule has 4 aromatic rings. The van der Waals surface area contributed by atoms with E-state index in [0.717, 1.165) is 10.9 Å². The molecule has 0 saturated carbocycles. The van der Waals surface area contributed by atoms with Crippen LogP contribution in [-0.4, -0.2) is 11.8 Å². The third-order valence-corrected chi connectivity index (χ3v) is 4.71. The van der Waals surface area contributed by atoms with Gasteiger partial charge in [-0.25, -0.2) is 4.90 Å². The van der Waals surface area contributed by atoms with Crippen molar-refractivity contribution in [3.63, 3.8) is 0 Å². The van der Waals surface area contributed by atoms with E-state index < -0.39 is 0 Å². The van der Waals surface area contributed by atoms with E-state index >= 15 is 0 Å². The second kappa shape index (κ2) is 5.43. The molecular formula is C22H13NO3. The molecule has 0 N–H and O–H groups in total. The summed E-state index contributed by atoms with van der Waals surface area (Å²) in [4.78, 5) is 27.4. The lowest BCUT2D eigenvalue weighted by Gasteiger charge is -2.27. The first-order valence-electron chi connectivity index (χ1n) is 8.29. The molecule has 124 valence electrons. The number of hydrogen-bond acceptors (Lipinski definition) is 3. The Balaban J connectivity index is 1.79. The van der Waals surface area contributed by atoms with Crippen LogP contribution in [0.4, 0.5) is 5.69 Å². The standard InChI is InChI=1S/C22H13NO3/c24-21-17-9-4-8-16-15(19-10-5-13-26-19)11-12-18(20(16)17)22(25)23(21)14-6-2-1-3-7-14/h1-13H. The number of furan rings is 1. The van der Waals surface area contributed by atoms with Gasteiger partial charge in [-0.2, -0.15) is 0 Å². The first-order valence-corrected chi connectivity index (χ1v) is 8.29. The number of nitrogens with zero attached hydrogens (tertiary/aromatic N) is 1. The number of imide groups is 1. The fourth-order valence-electron chi connectivity index (χ4n) is 3.55. The lowest BCUT2D eigenvalue weighted by atomic mass is 9.90. The van der Waals surface area contributed by atoms with Gasteiger partial charge in [0.15, 0.2) is 0 Å². The summed E-state index contributed by atoms with van der Waals surface area (Å²) >= 11 is 0. The first kappa shape index (κ1) is 14.7. The fraction of sp³-hybridized carbons (Fsp3) is 0. The highest BCUT2D eigenvalue weighted by atomic mass is 16.3. The maximum Gasteiger partial charge on any atom is 0.265 e. The molecule has 4 heteroatoms. The number of para-hydroxylation sites is 1. The number of carbonyl (C=O) groups is 2. The molecule has 0 atom stereocenters. The van der Waals surface area contributed by atoms with Gasteiger partial charge in [-0.3, -0.25) is 9.59 Å². The Morgan fingerprint density at radius 1 is 0.654 bits per heavy atom. The summed E-state index contributed by atoms with van der Waals surface area (Å²) in [6.07, 6.45) is 1.61. The molecule has 0 bridgehead atoms. The first-order chi connectivity index (χ1) is 12.8. The summed E-state index contributed by atoms with van der Waals surface area (Å²) < 4.78 is 5.52. The summed E-state index contributed by atoms with van der Waals surface area (Å²) in [5.74, 6) is 0.0888. The molecule has 4 nitrogen and oxygen atoms in total. The Bertz CT molecular complexity index is 1140. The predicted octanol–water partition coefficient (Wildman–Crippen LogP) is 4.90. The largest absolute Gasteiger partial charge is 0.464 e. The number of amides is 2. The Morgan fingerprint density at radius 2 is 1.38 bits per heavy atom. The molecular weight excluding hydrogens is 326 g/mol. The molecule has 1 aromatic heterocycles. The van der Waals surface area contributed by atoms with Crippen LogP contribution >= 0.6 is 0 Å². The number of anilines is 1. The minimum Gasteiger partial charge on any atom is -0.464 e. The van der Waals surface area contributed by atoms with Crippen LogP contribution < -0.4 is 4.90 Å². The maximum absolute atomic E-state index is 13.1. The second-order valence-electron chi connectivity index (χ2n) is 6.15. The zero-order valence-electron chi connectivity index (χ0n) is 13.7. The van der Waals surface area contributed by atoms with Gasteiger partial charge in [0.1, 0.15) is 5.76 Å². The number of benzene rings is 3. The second-order valence-corrected chi connectivity index (χ2v) is 6.15. The lowest BCUT2D eigenvalue weighted by Crippen LogP contribution is -2.40. The van der Waals surface area contributed by atoms with Crippen molar-refractivity contribution in [2.75, 3.05) is 4.90 Å². The zero-order valence-corrected chi connectivity index (χ0v) is 13.7. The maximum atomic E-state index is 13.1. The van der Waals surface area contributed by atoms with Crippen molar-refractivity contribution in [3.8, 4) is 11.3 Å². The summed E-state index contributed by atoms with van der Waals surface area (Å²) in [5.41, 5.74) is 2.48. The van der Waals surface area contributed by atoms with Gasteiger partial charge in [0.2, 0.25) is 0 Å². The number of hydrogen-bond donors (Lipinski definition) is 0. The summed E-state index contributed by atoms with van der Waals surface area (Å²) in [7, 11) is 0. The van der Waals surface area contributed by atoms with Gasteiger partial charge in [0.25, 0.3) is 11.8 Å². The van der Waals surface area contributed by atoms with E-state index in [4.69, 9.17) is 4.42 Å². The van der Waals surface area contributed by atoms with Crippen molar-refractivity contribution < 1.29 is 14.0 Å². The van der Waals surface area contributed by atoms with Gasteiger partial charge in [0, 0.05) is 22.1 Å². The monoisotopic (exact) mass is 339 g/mol. The van der Waals surface area contributed by atoms with Crippen LogP contribution in [0.5, 0.6) is 0 Å². The van der Waals surface area contributed by atoms with Crippen LogP contribution in [0.15, 0.2) is 83.5 Å². The molecule has 0 fully saturated rings. The molecule has 5 rings (SSSR count). The quantitative estimate of drug-likeness (QED) is 0.488. The highest BCUT2D eigenvalue weighted by Gasteiger charge is 2.34. The van der Waals surface area contributed by atoms with Gasteiger partial charge >= 0.3 is 0 Å². The van der Waals surface area contributed by atoms with Crippen molar-refractivity contribution in [2.24, 2.45) is 0 Å². The third kappa shape index (κ3) is 1.96. The lowest BCUT2D eigenvalue weighted by molar-refractivity contribution is 0.0893. The Kier molecular flexibility index (Phi) is 3.06. The van der Waals surface area contributed by atoms with Gasteiger partial charge in [-0.1, -0.05) is 30.3 Å². The van der Waals surface area contributed by atoms with E-state index in [2.05, 4.69) is 0 Å². The molecule has 3 aromatic carbocycles. The van der Waals surface area contributed by atoms with E-state index in [1.165, 1.54) is 4.90 Å². The average molecular weight is 339 g/mol. The molecule has 2 heterocycles. The minimum absolute atomic E-state index is 0.309. The summed E-state index contributed by atoms with van der Waals surface area (Å²) in [5, 5.41) is 1.52. The molecule has 0 saturated heterocycles. The van der Waals surface area contributed by atoms with Gasteiger partial charge in [-0.15, -0.1) is 0 Å². The third-order valence-electron chi connectivity index (χ3n) is 4.71. The number of rotatable bonds is 2. The molecule has 0 spiro atoms. The van der Waals surface area contributed by atoms with Crippen molar-refractivity contribution in [2.45, 2.75) is 0 Å². The van der Waals surface area contributed by atoms with E-state index in [0.29, 0.717) is 28.0 Å². The van der Waals surface area contributed by atoms with E-state index in [1.54, 1.807) is 30.5 Å². The highest BCUT2D eigenvalue weighted by Crippen LogP contribution is 2.37. The number of carbonyl (C=O) groups excluding carboxylic acids is 2. The van der Waals surface area contributed by atoms with Gasteiger partial charge in [0.05, 0.1) is 12.0 Å². The molecule has 0 unspecified atom stereocenters. The normalized spacial score (nSPS) is 13.5. The topological polar surface area (TPSA) is 50.5 Å². The Labute approximate surface area is 149 Å².